The van der Waals surface area contributed by atoms with Gasteiger partial charge in [0, 0.05) is 12.8 Å². The summed E-state index contributed by atoms with van der Waals surface area (Å²) in [7, 11) is 1.47. The molecule has 0 aromatic carbocycles. The molecule has 10 heteroatoms. The number of unbranched alkanes of at least 4 members (excludes halogenated alkanes) is 34. The van der Waals surface area contributed by atoms with E-state index in [1.807, 2.05) is 21.1 Å². The van der Waals surface area contributed by atoms with Crippen molar-refractivity contribution in [2.24, 2.45) is 0 Å². The van der Waals surface area contributed by atoms with Crippen LogP contribution in [-0.2, 0) is 32.7 Å². The standard InChI is InChI=1S/C74H132NO8P/c1-6-8-10-12-14-16-18-20-22-24-26-27-28-29-30-31-32-33-34-35-36-37-38-39-40-41-42-43-44-45-46-47-49-51-53-55-57-59-61-63-65-67-74(77)83-72(71-82-84(78,79)81-69-68-75(3,4)5)70-80-73(76)66-64-62-60-58-56-54-52-50-48-25-23-21-19-17-15-13-11-9-7-2/h8,10,14-17,20-23,26-27,29-30,48,50,72H,6-7,9,11-13,18-19,24-25,28,31-47,49,51-71H2,1-5H3/p+1/b10-8-,16-14-,17-15-,22-20-,23-21-,27-26-,30-29-,50-48-. The number of hydrogen-bond donors (Lipinski definition) is 1. The summed E-state index contributed by atoms with van der Waals surface area (Å²) in [6.07, 6.45) is 89.5. The van der Waals surface area contributed by atoms with Gasteiger partial charge in [-0.15, -0.1) is 0 Å². The van der Waals surface area contributed by atoms with Gasteiger partial charge >= 0.3 is 19.8 Å². The highest BCUT2D eigenvalue weighted by atomic mass is 31.2. The number of phosphoric ester groups is 1. The highest BCUT2D eigenvalue weighted by Crippen LogP contribution is 2.43. The molecule has 9 nitrogen and oxygen atoms in total. The van der Waals surface area contributed by atoms with Crippen molar-refractivity contribution < 1.29 is 42.1 Å². The smallest absolute Gasteiger partial charge is 0.462 e. The number of allylic oxidation sites excluding steroid dienone is 16. The zero-order valence-electron chi connectivity index (χ0n) is 55.4. The Labute approximate surface area is 519 Å². The summed E-state index contributed by atoms with van der Waals surface area (Å²) in [6, 6.07) is 0. The minimum absolute atomic E-state index is 0.0280. The summed E-state index contributed by atoms with van der Waals surface area (Å²) in [5.41, 5.74) is 0. The van der Waals surface area contributed by atoms with Crippen LogP contribution in [0.4, 0.5) is 0 Å². The second-order valence-electron chi connectivity index (χ2n) is 24.5. The molecule has 0 aromatic rings. The van der Waals surface area contributed by atoms with E-state index < -0.39 is 26.5 Å². The third-order valence-electron chi connectivity index (χ3n) is 15.1. The van der Waals surface area contributed by atoms with Crippen LogP contribution in [-0.4, -0.2) is 74.9 Å². The summed E-state index contributed by atoms with van der Waals surface area (Å²) < 4.78 is 34.7. The second-order valence-corrected chi connectivity index (χ2v) is 26.0. The molecule has 0 fully saturated rings. The molecule has 0 saturated heterocycles. The first-order valence-corrected chi connectivity index (χ1v) is 36.5. The average Bonchev–Trinajstić information content (AvgIpc) is 3.61. The normalized spacial score (nSPS) is 13.7. The Kier molecular flexibility index (Phi) is 62.1. The molecule has 0 bridgehead atoms. The van der Waals surface area contributed by atoms with Crippen molar-refractivity contribution in [1.29, 1.82) is 0 Å². The van der Waals surface area contributed by atoms with Crippen LogP contribution < -0.4 is 0 Å². The maximum atomic E-state index is 12.9. The first-order chi connectivity index (χ1) is 41.0. The first kappa shape index (κ1) is 80.9. The Morgan fingerprint density at radius 3 is 1.01 bits per heavy atom. The van der Waals surface area contributed by atoms with Gasteiger partial charge in [0.05, 0.1) is 27.7 Å². The zero-order chi connectivity index (χ0) is 61.2. The van der Waals surface area contributed by atoms with Crippen molar-refractivity contribution in [2.75, 3.05) is 47.5 Å². The number of quaternary nitrogens is 1. The molecule has 0 aromatic heterocycles. The average molecular weight is 1200 g/mol. The van der Waals surface area contributed by atoms with Crippen LogP contribution in [0.5, 0.6) is 0 Å². The molecule has 0 rings (SSSR count). The monoisotopic (exact) mass is 1190 g/mol. The van der Waals surface area contributed by atoms with E-state index in [1.165, 1.54) is 186 Å². The van der Waals surface area contributed by atoms with E-state index in [-0.39, 0.29) is 32.0 Å². The van der Waals surface area contributed by atoms with Gasteiger partial charge in [0.25, 0.3) is 0 Å². The van der Waals surface area contributed by atoms with Crippen LogP contribution in [0.15, 0.2) is 97.2 Å². The number of carbonyl (C=O) groups excluding carboxylic acids is 2. The van der Waals surface area contributed by atoms with Gasteiger partial charge in [-0.3, -0.25) is 18.6 Å². The lowest BCUT2D eigenvalue weighted by atomic mass is 10.0. The van der Waals surface area contributed by atoms with Gasteiger partial charge in [-0.25, -0.2) is 4.57 Å². The third kappa shape index (κ3) is 68.0. The summed E-state index contributed by atoms with van der Waals surface area (Å²) in [4.78, 5) is 35.8. The molecule has 0 radical (unpaired) electrons. The van der Waals surface area contributed by atoms with Crippen LogP contribution in [0.25, 0.3) is 0 Å². The van der Waals surface area contributed by atoms with E-state index in [9.17, 15) is 19.0 Å². The minimum atomic E-state index is -4.40. The van der Waals surface area contributed by atoms with Crippen molar-refractivity contribution >= 4 is 19.8 Å². The predicted octanol–water partition coefficient (Wildman–Crippen LogP) is 22.7. The summed E-state index contributed by atoms with van der Waals surface area (Å²) in [5, 5.41) is 0. The quantitative estimate of drug-likeness (QED) is 0.0211. The fourth-order valence-corrected chi connectivity index (χ4v) is 10.5. The van der Waals surface area contributed by atoms with Gasteiger partial charge in [-0.05, 0) is 96.3 Å². The number of likely N-dealkylation sites (N-methyl/N-ethyl adjacent to an activating group) is 1. The third-order valence-corrected chi connectivity index (χ3v) is 16.1. The molecule has 486 valence electrons. The Morgan fingerprint density at radius 1 is 0.381 bits per heavy atom. The van der Waals surface area contributed by atoms with Crippen LogP contribution in [0.3, 0.4) is 0 Å². The maximum absolute atomic E-state index is 12.9. The summed E-state index contributed by atoms with van der Waals surface area (Å²) >= 11 is 0. The SMILES string of the molecule is CC/C=C\C/C=C\C/C=C\C/C=C\C/C=C\CCCCCCCCCCCCCCCCCCCCCCCCCCCC(=O)OC(COC(=O)CCCCCCCC/C=C\C/C=C\C/C=C\CCCCC)COP(=O)(O)OCC[N+](C)(C)C. The molecule has 0 aliphatic carbocycles. The Balaban J connectivity index is 3.93. The van der Waals surface area contributed by atoms with E-state index >= 15 is 0 Å². The van der Waals surface area contributed by atoms with Gasteiger partial charge in [-0.1, -0.05) is 297 Å². The second kappa shape index (κ2) is 64.4. The van der Waals surface area contributed by atoms with Crippen molar-refractivity contribution in [2.45, 2.75) is 315 Å². The van der Waals surface area contributed by atoms with E-state index in [4.69, 9.17) is 18.5 Å². The van der Waals surface area contributed by atoms with Crippen molar-refractivity contribution in [1.82, 2.24) is 0 Å². The van der Waals surface area contributed by atoms with Crippen LogP contribution >= 0.6 is 7.82 Å². The van der Waals surface area contributed by atoms with Crippen molar-refractivity contribution in [3.63, 3.8) is 0 Å². The molecular weight excluding hydrogens is 1060 g/mol. The molecule has 0 spiro atoms. The molecule has 84 heavy (non-hydrogen) atoms. The van der Waals surface area contributed by atoms with Crippen molar-refractivity contribution in [3.05, 3.63) is 97.2 Å². The minimum Gasteiger partial charge on any atom is -0.462 e. The highest BCUT2D eigenvalue weighted by Gasteiger charge is 2.27. The van der Waals surface area contributed by atoms with Crippen LogP contribution in [0, 0.1) is 0 Å². The lowest BCUT2D eigenvalue weighted by Gasteiger charge is -2.24. The van der Waals surface area contributed by atoms with Gasteiger partial charge in [-0.2, -0.15) is 0 Å². The largest absolute Gasteiger partial charge is 0.472 e. The fourth-order valence-electron chi connectivity index (χ4n) is 9.76. The molecule has 0 aliphatic heterocycles. The van der Waals surface area contributed by atoms with E-state index in [0.717, 1.165) is 89.9 Å². The summed E-state index contributed by atoms with van der Waals surface area (Å²) in [5.74, 6) is -0.803. The van der Waals surface area contributed by atoms with E-state index in [1.54, 1.807) is 0 Å². The van der Waals surface area contributed by atoms with Gasteiger partial charge in [0.15, 0.2) is 6.10 Å². The van der Waals surface area contributed by atoms with Crippen molar-refractivity contribution in [3.8, 4) is 0 Å². The molecule has 0 heterocycles. The van der Waals surface area contributed by atoms with Crippen LogP contribution in [0.2, 0.25) is 0 Å². The fraction of sp³-hybridized carbons (Fsp3) is 0.757. The number of phosphoric acid groups is 1. The Bertz CT molecular complexity index is 1740. The van der Waals surface area contributed by atoms with Crippen LogP contribution in [0.1, 0.15) is 309 Å². The lowest BCUT2D eigenvalue weighted by molar-refractivity contribution is -0.870. The Morgan fingerprint density at radius 2 is 0.679 bits per heavy atom. The van der Waals surface area contributed by atoms with Gasteiger partial charge < -0.3 is 18.9 Å². The number of hydrogen-bond acceptors (Lipinski definition) is 7. The van der Waals surface area contributed by atoms with Gasteiger partial charge in [0.1, 0.15) is 19.8 Å². The number of ether oxygens (including phenoxy) is 2. The number of esters is 2. The number of carbonyl (C=O) groups is 2. The molecule has 2 unspecified atom stereocenters. The lowest BCUT2D eigenvalue weighted by Crippen LogP contribution is -2.37. The van der Waals surface area contributed by atoms with E-state index in [0.29, 0.717) is 17.4 Å². The topological polar surface area (TPSA) is 108 Å². The predicted molar refractivity (Wildman–Crippen MR) is 362 cm³/mol. The summed E-state index contributed by atoms with van der Waals surface area (Å²) in [6.45, 7) is 4.30. The van der Waals surface area contributed by atoms with E-state index in [2.05, 4.69) is 111 Å². The maximum Gasteiger partial charge on any atom is 0.472 e. The molecule has 0 saturated carbocycles. The molecular formula is C74H133NO8P+. The number of nitrogens with zero attached hydrogens (tertiary/aromatic N) is 1. The first-order valence-electron chi connectivity index (χ1n) is 35.0. The number of rotatable bonds is 64. The molecule has 2 atom stereocenters. The highest BCUT2D eigenvalue weighted by molar-refractivity contribution is 7.47. The molecule has 0 aliphatic rings. The molecule has 1 N–H and O–H groups in total. The van der Waals surface area contributed by atoms with Gasteiger partial charge in [0.2, 0.25) is 0 Å². The zero-order valence-corrected chi connectivity index (χ0v) is 56.3. The molecule has 0 amide bonds. The Hall–Kier alpha value is -3.07.